The van der Waals surface area contributed by atoms with E-state index in [2.05, 4.69) is 35.7 Å². The minimum atomic E-state index is -3.67. The molecule has 31 heavy (non-hydrogen) atoms. The van der Waals surface area contributed by atoms with Gasteiger partial charge in [-0.3, -0.25) is 23.8 Å². The normalized spacial score (nSPS) is 29.8. The second-order valence-corrected chi connectivity index (χ2v) is 10.8. The molecule has 0 bridgehead atoms. The Bertz CT molecular complexity index is 891. The number of hydrogen-bond acceptors (Lipinski definition) is 5. The van der Waals surface area contributed by atoms with E-state index >= 15 is 0 Å². The molecule has 174 valence electrons. The number of carbonyl (C=O) groups is 1. The summed E-state index contributed by atoms with van der Waals surface area (Å²) >= 11 is 0. The van der Waals surface area contributed by atoms with E-state index in [0.29, 0.717) is 18.6 Å². The molecule has 1 aliphatic carbocycles. The molecule has 1 aliphatic heterocycles. The number of carbonyl (C=O) groups excluding carboxylic acids is 1. The number of alkyl halides is 1. The lowest BCUT2D eigenvalue weighted by Crippen LogP contribution is -2.38. The highest BCUT2D eigenvalue weighted by atomic mass is 32.2. The van der Waals surface area contributed by atoms with E-state index in [1.54, 1.807) is 12.7 Å². The van der Waals surface area contributed by atoms with E-state index in [1.165, 1.54) is 4.90 Å². The quantitative estimate of drug-likeness (QED) is 0.538. The fraction of sp³-hybridized carbons (Fsp3) is 0.800. The maximum absolute atomic E-state index is 13.6. The zero-order chi connectivity index (χ0) is 23.4. The molecule has 0 spiro atoms. The van der Waals surface area contributed by atoms with Gasteiger partial charge in [-0.1, -0.05) is 20.8 Å². The van der Waals surface area contributed by atoms with Crippen molar-refractivity contribution in [2.45, 2.75) is 71.8 Å². The van der Waals surface area contributed by atoms with Crippen molar-refractivity contribution < 1.29 is 22.2 Å². The fourth-order valence-corrected chi connectivity index (χ4v) is 4.67. The molecule has 1 aromatic heterocycles. The van der Waals surface area contributed by atoms with Gasteiger partial charge in [-0.15, -0.1) is 0 Å². The molecule has 2 aliphatic rings. The van der Waals surface area contributed by atoms with Gasteiger partial charge in [-0.05, 0) is 36.0 Å². The van der Waals surface area contributed by atoms with Crippen molar-refractivity contribution in [2.24, 2.45) is 16.7 Å². The highest BCUT2D eigenvalue weighted by molar-refractivity contribution is 7.85. The molecule has 4 atom stereocenters. The van der Waals surface area contributed by atoms with Crippen molar-refractivity contribution >= 4 is 16.0 Å². The Kier molecular flexibility index (Phi) is 7.81. The van der Waals surface area contributed by atoms with Crippen molar-refractivity contribution in [3.05, 3.63) is 24.1 Å². The molecule has 1 aromatic rings. The summed E-state index contributed by atoms with van der Waals surface area (Å²) in [4.78, 5) is 21.5. The average molecular weight is 458 g/mol. The molecule has 11 heteroatoms. The fourth-order valence-electron chi connectivity index (χ4n) is 4.67. The van der Waals surface area contributed by atoms with Gasteiger partial charge < -0.3 is 0 Å². The Morgan fingerprint density at radius 3 is 2.58 bits per heavy atom. The molecule has 3 rings (SSSR count). The Morgan fingerprint density at radius 2 is 2.03 bits per heavy atom. The van der Waals surface area contributed by atoms with E-state index in [1.807, 2.05) is 4.68 Å². The SMILES string of the molecule is CS(=O)(=O)O.[C-]#[N+][C@@H]1C[C@@H](F)CN1C(=O)CC[C@@]1(C)CC[C@@H](Cn2cncn2)C1(C)C. The maximum Gasteiger partial charge on any atom is 0.303 e. The molecule has 9 nitrogen and oxygen atoms in total. The molecule has 1 saturated heterocycles. The lowest BCUT2D eigenvalue weighted by molar-refractivity contribution is -0.132. The summed E-state index contributed by atoms with van der Waals surface area (Å²) in [5.74, 6) is 0.394. The molecule has 1 N–H and O–H groups in total. The van der Waals surface area contributed by atoms with Crippen LogP contribution in [0.1, 0.15) is 52.9 Å². The van der Waals surface area contributed by atoms with Gasteiger partial charge in [0.25, 0.3) is 10.1 Å². The maximum atomic E-state index is 13.6. The van der Waals surface area contributed by atoms with Crippen LogP contribution in [0.4, 0.5) is 4.39 Å². The topological polar surface area (TPSA) is 110 Å². The Hall–Kier alpha value is -2.06. The first kappa shape index (κ1) is 25.2. The summed E-state index contributed by atoms with van der Waals surface area (Å²) in [5.41, 5.74) is 0.0996. The van der Waals surface area contributed by atoms with Crippen LogP contribution < -0.4 is 0 Å². The first-order chi connectivity index (χ1) is 14.3. The largest absolute Gasteiger partial charge is 0.303 e. The highest BCUT2D eigenvalue weighted by Gasteiger charge is 2.51. The molecule has 1 saturated carbocycles. The molecular weight excluding hydrogens is 425 g/mol. The van der Waals surface area contributed by atoms with Crippen LogP contribution in [-0.2, 0) is 21.5 Å². The Morgan fingerprint density at radius 1 is 1.39 bits per heavy atom. The zero-order valence-corrected chi connectivity index (χ0v) is 19.3. The number of aromatic nitrogens is 3. The van der Waals surface area contributed by atoms with Gasteiger partial charge in [0.05, 0.1) is 19.2 Å². The smallest absolute Gasteiger partial charge is 0.289 e. The lowest BCUT2D eigenvalue weighted by Gasteiger charge is -2.42. The van der Waals surface area contributed by atoms with Crippen molar-refractivity contribution in [1.29, 1.82) is 0 Å². The van der Waals surface area contributed by atoms with Crippen molar-refractivity contribution in [3.63, 3.8) is 0 Å². The monoisotopic (exact) mass is 457 g/mol. The second kappa shape index (κ2) is 9.61. The van der Waals surface area contributed by atoms with Crippen molar-refractivity contribution in [1.82, 2.24) is 19.7 Å². The van der Waals surface area contributed by atoms with Gasteiger partial charge in [0.15, 0.2) is 0 Å². The third-order valence-electron chi connectivity index (χ3n) is 7.08. The number of amides is 1. The van der Waals surface area contributed by atoms with Gasteiger partial charge in [0.1, 0.15) is 18.8 Å². The molecular formula is C20H32FN5O4S. The molecule has 2 heterocycles. The van der Waals surface area contributed by atoms with Crippen LogP contribution in [0.2, 0.25) is 0 Å². The number of hydrogen-bond donors (Lipinski definition) is 1. The number of rotatable bonds is 5. The van der Waals surface area contributed by atoms with Crippen molar-refractivity contribution in [2.75, 3.05) is 12.8 Å². The minimum absolute atomic E-state index is 0.0380. The standard InChI is InChI=1S/C19H28FN5O.CH4O3S/c1-18(2)14(10-24-13-22-12-23-24)5-7-19(18,3)8-6-17(26)25-11-15(20)9-16(25)21-4;1-5(2,3)4/h12-16H,5-11H2,1-3H3;1H3,(H,2,3,4)/t14-,15+,16-,19+;/m0./s1. The van der Waals surface area contributed by atoms with Crippen LogP contribution in [-0.4, -0.2) is 63.7 Å². The van der Waals surface area contributed by atoms with E-state index in [9.17, 15) is 17.6 Å². The van der Waals surface area contributed by atoms with E-state index in [-0.39, 0.29) is 29.7 Å². The molecule has 1 amide bonds. The summed E-state index contributed by atoms with van der Waals surface area (Å²) in [6.07, 6.45) is 5.79. The summed E-state index contributed by atoms with van der Waals surface area (Å²) in [7, 11) is -3.67. The van der Waals surface area contributed by atoms with Crippen LogP contribution in [0.25, 0.3) is 4.85 Å². The molecule has 2 fully saturated rings. The summed E-state index contributed by atoms with van der Waals surface area (Å²) in [6.45, 7) is 14.9. The molecule has 0 unspecified atom stereocenters. The van der Waals surface area contributed by atoms with Crippen LogP contribution >= 0.6 is 0 Å². The molecule has 0 aromatic carbocycles. The second-order valence-electron chi connectivity index (χ2n) is 9.36. The van der Waals surface area contributed by atoms with E-state index < -0.39 is 22.5 Å². The van der Waals surface area contributed by atoms with Gasteiger partial charge in [-0.25, -0.2) is 15.9 Å². The Balaban J connectivity index is 0.000000614. The van der Waals surface area contributed by atoms with Crippen LogP contribution in [0.5, 0.6) is 0 Å². The summed E-state index contributed by atoms with van der Waals surface area (Å²) in [5, 5.41) is 4.23. The third-order valence-corrected chi connectivity index (χ3v) is 7.08. The predicted octanol–water partition coefficient (Wildman–Crippen LogP) is 2.82. The first-order valence-corrected chi connectivity index (χ1v) is 12.2. The van der Waals surface area contributed by atoms with Gasteiger partial charge in [0.2, 0.25) is 5.91 Å². The van der Waals surface area contributed by atoms with Crippen LogP contribution in [0, 0.1) is 23.3 Å². The van der Waals surface area contributed by atoms with Crippen LogP contribution in [0.3, 0.4) is 0 Å². The average Bonchev–Trinajstić information content (AvgIpc) is 3.34. The highest BCUT2D eigenvalue weighted by Crippen LogP contribution is 2.58. The number of halogens is 1. The molecule has 0 radical (unpaired) electrons. The summed E-state index contributed by atoms with van der Waals surface area (Å²) in [6, 6.07) is 0. The van der Waals surface area contributed by atoms with E-state index in [4.69, 9.17) is 11.1 Å². The minimum Gasteiger partial charge on any atom is -0.289 e. The zero-order valence-electron chi connectivity index (χ0n) is 18.5. The number of likely N-dealkylation sites (tertiary alicyclic amines) is 1. The van der Waals surface area contributed by atoms with Crippen LogP contribution in [0.15, 0.2) is 12.7 Å². The van der Waals surface area contributed by atoms with Crippen molar-refractivity contribution in [3.8, 4) is 0 Å². The first-order valence-electron chi connectivity index (χ1n) is 10.3. The summed E-state index contributed by atoms with van der Waals surface area (Å²) < 4.78 is 41.3. The predicted molar refractivity (Wildman–Crippen MR) is 113 cm³/mol. The van der Waals surface area contributed by atoms with Gasteiger partial charge in [0, 0.05) is 13.0 Å². The third kappa shape index (κ3) is 6.46. The van der Waals surface area contributed by atoms with Gasteiger partial charge in [-0.2, -0.15) is 13.5 Å². The lowest BCUT2D eigenvalue weighted by atomic mass is 9.63. The Labute approximate surface area is 183 Å². The number of nitrogens with zero attached hydrogens (tertiary/aromatic N) is 5. The van der Waals surface area contributed by atoms with E-state index in [0.717, 1.165) is 25.8 Å². The van der Waals surface area contributed by atoms with Gasteiger partial charge >= 0.3 is 6.17 Å².